The van der Waals surface area contributed by atoms with Crippen LogP contribution < -0.4 is 0 Å². The first kappa shape index (κ1) is 14.0. The first-order valence-electron chi connectivity index (χ1n) is 4.98. The molecule has 88 valence electrons. The molecule has 1 amide bonds. The zero-order valence-corrected chi connectivity index (χ0v) is 13.4. The van der Waals surface area contributed by atoms with Crippen LogP contribution in [0.2, 0.25) is 0 Å². The lowest BCUT2D eigenvalue weighted by molar-refractivity contribution is 0.0663. The van der Waals surface area contributed by atoms with Crippen molar-refractivity contribution < 1.29 is 4.79 Å². The van der Waals surface area contributed by atoms with E-state index in [4.69, 9.17) is 0 Å². The maximum atomic E-state index is 12.2. The summed E-state index contributed by atoms with van der Waals surface area (Å²) in [7, 11) is 1.83. The van der Waals surface area contributed by atoms with Crippen molar-refractivity contribution in [3.8, 4) is 0 Å². The van der Waals surface area contributed by atoms with E-state index in [-0.39, 0.29) is 11.4 Å². The van der Waals surface area contributed by atoms with E-state index >= 15 is 0 Å². The standard InChI is InChI=1S/C12H15BrINO/c1-12(2,8-13)15(3)11(16)9-4-6-10(14)7-5-9/h4-7H,8H2,1-3H3. The van der Waals surface area contributed by atoms with Gasteiger partial charge in [-0.1, -0.05) is 15.9 Å². The molecule has 0 fully saturated rings. The van der Waals surface area contributed by atoms with Gasteiger partial charge in [0.2, 0.25) is 0 Å². The van der Waals surface area contributed by atoms with Gasteiger partial charge in [-0.05, 0) is 60.7 Å². The van der Waals surface area contributed by atoms with Crippen LogP contribution in [0.15, 0.2) is 24.3 Å². The highest BCUT2D eigenvalue weighted by atomic mass is 127. The lowest BCUT2D eigenvalue weighted by Crippen LogP contribution is -2.46. The van der Waals surface area contributed by atoms with E-state index in [1.54, 1.807) is 4.90 Å². The predicted octanol–water partition coefficient (Wildman–Crippen LogP) is 3.54. The van der Waals surface area contributed by atoms with E-state index in [9.17, 15) is 4.79 Å². The molecule has 0 radical (unpaired) electrons. The molecule has 0 bridgehead atoms. The zero-order valence-electron chi connectivity index (χ0n) is 9.63. The Labute approximate surface area is 119 Å². The van der Waals surface area contributed by atoms with E-state index in [2.05, 4.69) is 38.5 Å². The molecular formula is C12H15BrINO. The van der Waals surface area contributed by atoms with Crippen LogP contribution in [0.3, 0.4) is 0 Å². The van der Waals surface area contributed by atoms with Crippen molar-refractivity contribution in [3.63, 3.8) is 0 Å². The molecule has 1 aromatic rings. The van der Waals surface area contributed by atoms with Gasteiger partial charge in [0.1, 0.15) is 0 Å². The van der Waals surface area contributed by atoms with Gasteiger partial charge >= 0.3 is 0 Å². The second-order valence-electron chi connectivity index (χ2n) is 4.32. The quantitative estimate of drug-likeness (QED) is 0.566. The van der Waals surface area contributed by atoms with Gasteiger partial charge in [0.05, 0.1) is 0 Å². The lowest BCUT2D eigenvalue weighted by Gasteiger charge is -2.34. The normalized spacial score (nSPS) is 11.3. The number of rotatable bonds is 3. The fourth-order valence-corrected chi connectivity index (χ4v) is 1.89. The van der Waals surface area contributed by atoms with Gasteiger partial charge in [0, 0.05) is 27.1 Å². The molecule has 16 heavy (non-hydrogen) atoms. The van der Waals surface area contributed by atoms with Gasteiger partial charge in [-0.3, -0.25) is 4.79 Å². The summed E-state index contributed by atoms with van der Waals surface area (Å²) < 4.78 is 1.14. The number of amides is 1. The topological polar surface area (TPSA) is 20.3 Å². The molecule has 1 rings (SSSR count). The van der Waals surface area contributed by atoms with Gasteiger partial charge in [0.25, 0.3) is 5.91 Å². The van der Waals surface area contributed by atoms with Crippen molar-refractivity contribution in [2.24, 2.45) is 0 Å². The van der Waals surface area contributed by atoms with E-state index < -0.39 is 0 Å². The number of hydrogen-bond donors (Lipinski definition) is 0. The molecule has 0 aliphatic rings. The van der Waals surface area contributed by atoms with Gasteiger partial charge in [-0.15, -0.1) is 0 Å². The molecule has 2 nitrogen and oxygen atoms in total. The van der Waals surface area contributed by atoms with E-state index in [1.165, 1.54) is 0 Å². The highest BCUT2D eigenvalue weighted by molar-refractivity contribution is 14.1. The Kier molecular flexibility index (Phi) is 4.79. The first-order chi connectivity index (χ1) is 7.38. The summed E-state index contributed by atoms with van der Waals surface area (Å²) >= 11 is 5.66. The molecule has 4 heteroatoms. The van der Waals surface area contributed by atoms with Gasteiger partial charge < -0.3 is 4.90 Å². The molecule has 0 saturated carbocycles. The minimum absolute atomic E-state index is 0.0563. The number of nitrogens with zero attached hydrogens (tertiary/aromatic N) is 1. The molecule has 0 saturated heterocycles. The minimum Gasteiger partial charge on any atom is -0.336 e. The van der Waals surface area contributed by atoms with Crippen molar-refractivity contribution in [3.05, 3.63) is 33.4 Å². The Balaban J connectivity index is 2.90. The summed E-state index contributed by atoms with van der Waals surface area (Å²) in [5, 5.41) is 0.757. The fourth-order valence-electron chi connectivity index (χ4n) is 1.15. The highest BCUT2D eigenvalue weighted by Gasteiger charge is 2.26. The fraction of sp³-hybridized carbons (Fsp3) is 0.417. The summed E-state index contributed by atoms with van der Waals surface area (Å²) in [6.45, 7) is 4.07. The molecule has 0 aromatic heterocycles. The average molecular weight is 396 g/mol. The van der Waals surface area contributed by atoms with Crippen LogP contribution in [0, 0.1) is 3.57 Å². The lowest BCUT2D eigenvalue weighted by atomic mass is 10.1. The number of halogens is 2. The van der Waals surface area contributed by atoms with Crippen LogP contribution in [-0.2, 0) is 0 Å². The SMILES string of the molecule is CN(C(=O)c1ccc(I)cc1)C(C)(C)CBr. The summed E-state index contributed by atoms with van der Waals surface area (Å²) in [6.07, 6.45) is 0. The summed E-state index contributed by atoms with van der Waals surface area (Å²) in [5.41, 5.74) is 0.553. The second-order valence-corrected chi connectivity index (χ2v) is 6.12. The number of benzene rings is 1. The number of carbonyl (C=O) groups excluding carboxylic acids is 1. The van der Waals surface area contributed by atoms with Crippen LogP contribution in [0.25, 0.3) is 0 Å². The van der Waals surface area contributed by atoms with E-state index in [1.807, 2.05) is 45.2 Å². The van der Waals surface area contributed by atoms with E-state index in [0.29, 0.717) is 0 Å². The maximum Gasteiger partial charge on any atom is 0.254 e. The maximum absolute atomic E-state index is 12.2. The van der Waals surface area contributed by atoms with E-state index in [0.717, 1.165) is 14.5 Å². The Bertz CT molecular complexity index is 375. The van der Waals surface area contributed by atoms with Crippen LogP contribution in [0.5, 0.6) is 0 Å². The highest BCUT2D eigenvalue weighted by Crippen LogP contribution is 2.18. The molecule has 0 N–H and O–H groups in total. The number of hydrogen-bond acceptors (Lipinski definition) is 1. The van der Waals surface area contributed by atoms with Crippen molar-refractivity contribution in [2.45, 2.75) is 19.4 Å². The Morgan fingerprint density at radius 2 is 1.88 bits per heavy atom. The Morgan fingerprint density at radius 3 is 2.31 bits per heavy atom. The molecule has 0 unspecified atom stereocenters. The second kappa shape index (κ2) is 5.49. The largest absolute Gasteiger partial charge is 0.336 e. The molecular weight excluding hydrogens is 381 g/mol. The number of carbonyl (C=O) groups is 1. The van der Waals surface area contributed by atoms with Gasteiger partial charge in [-0.2, -0.15) is 0 Å². The third kappa shape index (κ3) is 3.20. The Morgan fingerprint density at radius 1 is 1.38 bits per heavy atom. The molecule has 0 spiro atoms. The average Bonchev–Trinajstić information content (AvgIpc) is 2.28. The van der Waals surface area contributed by atoms with Crippen LogP contribution in [-0.4, -0.2) is 28.7 Å². The molecule has 0 atom stereocenters. The van der Waals surface area contributed by atoms with Gasteiger partial charge in [-0.25, -0.2) is 0 Å². The Hall–Kier alpha value is -0.100. The molecule has 0 aliphatic carbocycles. The minimum atomic E-state index is -0.180. The predicted molar refractivity (Wildman–Crippen MR) is 79.1 cm³/mol. The summed E-state index contributed by atoms with van der Waals surface area (Å²) in [5.74, 6) is 0.0563. The van der Waals surface area contributed by atoms with Crippen molar-refractivity contribution in [2.75, 3.05) is 12.4 Å². The van der Waals surface area contributed by atoms with Crippen LogP contribution in [0.1, 0.15) is 24.2 Å². The zero-order chi connectivity index (χ0) is 12.3. The molecule has 1 aromatic carbocycles. The third-order valence-corrected chi connectivity index (χ3v) is 4.72. The van der Waals surface area contributed by atoms with Crippen molar-refractivity contribution in [1.29, 1.82) is 0 Å². The monoisotopic (exact) mass is 395 g/mol. The summed E-state index contributed by atoms with van der Waals surface area (Å²) in [4.78, 5) is 13.9. The van der Waals surface area contributed by atoms with Crippen molar-refractivity contribution >= 4 is 44.4 Å². The summed E-state index contributed by atoms with van der Waals surface area (Å²) in [6, 6.07) is 7.63. The molecule has 0 aliphatic heterocycles. The van der Waals surface area contributed by atoms with Crippen LogP contribution in [0.4, 0.5) is 0 Å². The molecule has 0 heterocycles. The smallest absolute Gasteiger partial charge is 0.254 e. The number of alkyl halides is 1. The third-order valence-electron chi connectivity index (χ3n) is 2.63. The van der Waals surface area contributed by atoms with Crippen molar-refractivity contribution in [1.82, 2.24) is 4.90 Å². The van der Waals surface area contributed by atoms with Crippen LogP contribution >= 0.6 is 38.5 Å². The first-order valence-corrected chi connectivity index (χ1v) is 7.18. The van der Waals surface area contributed by atoms with Gasteiger partial charge in [0.15, 0.2) is 0 Å².